The van der Waals surface area contributed by atoms with Crippen LogP contribution in [-0.2, 0) is 13.1 Å². The Balaban J connectivity index is 0.00000320. The van der Waals surface area contributed by atoms with E-state index in [9.17, 15) is 0 Å². The molecule has 0 spiro atoms. The fourth-order valence-corrected chi connectivity index (χ4v) is 3.48. The van der Waals surface area contributed by atoms with Crippen molar-refractivity contribution in [3.63, 3.8) is 0 Å². The normalized spacial score (nSPS) is 14.8. The number of aromatic nitrogens is 1. The maximum Gasteiger partial charge on any atom is 0.191 e. The number of piperidine rings is 1. The van der Waals surface area contributed by atoms with Gasteiger partial charge in [0.25, 0.3) is 0 Å². The third-order valence-electron chi connectivity index (χ3n) is 5.32. The summed E-state index contributed by atoms with van der Waals surface area (Å²) in [5.41, 5.74) is 2.25. The number of guanidine groups is 1. The molecule has 0 aliphatic carbocycles. The van der Waals surface area contributed by atoms with Crippen molar-refractivity contribution < 1.29 is 4.74 Å². The summed E-state index contributed by atoms with van der Waals surface area (Å²) in [5, 5.41) is 6.71. The van der Waals surface area contributed by atoms with Gasteiger partial charge >= 0.3 is 0 Å². The van der Waals surface area contributed by atoms with E-state index in [0.29, 0.717) is 19.7 Å². The van der Waals surface area contributed by atoms with Crippen LogP contribution in [0.3, 0.4) is 0 Å². The minimum absolute atomic E-state index is 0. The summed E-state index contributed by atoms with van der Waals surface area (Å²) < 4.78 is 5.69. The lowest BCUT2D eigenvalue weighted by molar-refractivity contribution is 0.336. The molecular formula is C23H34IN5O. The van der Waals surface area contributed by atoms with Gasteiger partial charge in [-0.3, -0.25) is 4.99 Å². The molecule has 2 heterocycles. The number of nitrogens with one attached hydrogen (secondary N) is 2. The molecule has 1 aliphatic rings. The van der Waals surface area contributed by atoms with E-state index in [1.54, 1.807) is 7.05 Å². The second kappa shape index (κ2) is 12.6. The quantitative estimate of drug-likeness (QED) is 0.324. The summed E-state index contributed by atoms with van der Waals surface area (Å²) in [6.45, 7) is 8.52. The van der Waals surface area contributed by atoms with E-state index in [0.717, 1.165) is 47.7 Å². The number of pyridine rings is 1. The molecule has 164 valence electrons. The Hall–Kier alpha value is -2.03. The van der Waals surface area contributed by atoms with E-state index in [-0.39, 0.29) is 24.0 Å². The van der Waals surface area contributed by atoms with E-state index in [4.69, 9.17) is 4.74 Å². The van der Waals surface area contributed by atoms with Gasteiger partial charge in [0.05, 0.1) is 6.61 Å². The Bertz CT molecular complexity index is 788. The number of halogens is 1. The van der Waals surface area contributed by atoms with Gasteiger partial charge in [0.2, 0.25) is 0 Å². The highest BCUT2D eigenvalue weighted by molar-refractivity contribution is 14.0. The highest BCUT2D eigenvalue weighted by atomic mass is 127. The van der Waals surface area contributed by atoms with Crippen LogP contribution in [0.5, 0.6) is 5.75 Å². The number of benzene rings is 1. The molecule has 0 saturated carbocycles. The Morgan fingerprint density at radius 3 is 2.53 bits per heavy atom. The van der Waals surface area contributed by atoms with Crippen molar-refractivity contribution in [3.05, 3.63) is 53.7 Å². The second-order valence-electron chi connectivity index (χ2n) is 7.51. The fourth-order valence-electron chi connectivity index (χ4n) is 3.48. The zero-order valence-corrected chi connectivity index (χ0v) is 20.6. The zero-order chi connectivity index (χ0) is 20.5. The Labute approximate surface area is 197 Å². The van der Waals surface area contributed by atoms with Crippen LogP contribution in [0.4, 0.5) is 5.82 Å². The molecule has 3 rings (SSSR count). The van der Waals surface area contributed by atoms with Crippen LogP contribution in [0.15, 0.2) is 47.6 Å². The van der Waals surface area contributed by atoms with Crippen molar-refractivity contribution >= 4 is 35.8 Å². The van der Waals surface area contributed by atoms with E-state index in [1.807, 2.05) is 31.3 Å². The first-order chi connectivity index (χ1) is 14.2. The van der Waals surface area contributed by atoms with Crippen molar-refractivity contribution in [2.24, 2.45) is 10.9 Å². The Morgan fingerprint density at radius 1 is 1.13 bits per heavy atom. The molecule has 1 aromatic heterocycles. The van der Waals surface area contributed by atoms with Crippen LogP contribution >= 0.6 is 24.0 Å². The first kappa shape index (κ1) is 24.2. The number of anilines is 1. The molecule has 0 amide bonds. The maximum atomic E-state index is 5.69. The molecule has 2 aromatic rings. The van der Waals surface area contributed by atoms with Crippen LogP contribution in [-0.4, -0.2) is 37.7 Å². The molecule has 0 bridgehead atoms. The second-order valence-corrected chi connectivity index (χ2v) is 7.51. The van der Waals surface area contributed by atoms with Crippen LogP contribution in [0.2, 0.25) is 0 Å². The summed E-state index contributed by atoms with van der Waals surface area (Å²) in [6.07, 6.45) is 4.46. The SMILES string of the molecule is CCOc1ccccc1CNC(=NC)NCc1ccc(N2CCC(C)CC2)nc1.I. The molecule has 2 N–H and O–H groups in total. The third-order valence-corrected chi connectivity index (χ3v) is 5.32. The van der Waals surface area contributed by atoms with Gasteiger partial charge in [-0.2, -0.15) is 0 Å². The molecule has 1 saturated heterocycles. The Morgan fingerprint density at radius 2 is 1.87 bits per heavy atom. The van der Waals surface area contributed by atoms with Gasteiger partial charge < -0.3 is 20.3 Å². The lowest BCUT2D eigenvalue weighted by Crippen LogP contribution is -2.36. The lowest BCUT2D eigenvalue weighted by atomic mass is 9.99. The summed E-state index contributed by atoms with van der Waals surface area (Å²) >= 11 is 0. The number of ether oxygens (including phenoxy) is 1. The molecule has 0 atom stereocenters. The van der Waals surface area contributed by atoms with Gasteiger partial charge in [-0.25, -0.2) is 4.98 Å². The number of nitrogens with zero attached hydrogens (tertiary/aromatic N) is 3. The number of hydrogen-bond acceptors (Lipinski definition) is 4. The molecule has 0 radical (unpaired) electrons. The van der Waals surface area contributed by atoms with Gasteiger partial charge in [-0.1, -0.05) is 31.2 Å². The molecule has 30 heavy (non-hydrogen) atoms. The van der Waals surface area contributed by atoms with Gasteiger partial charge in [-0.15, -0.1) is 24.0 Å². The summed E-state index contributed by atoms with van der Waals surface area (Å²) in [5.74, 6) is 3.57. The number of hydrogen-bond donors (Lipinski definition) is 2. The highest BCUT2D eigenvalue weighted by Crippen LogP contribution is 2.21. The van der Waals surface area contributed by atoms with Crippen molar-refractivity contribution in [3.8, 4) is 5.75 Å². The molecule has 6 nitrogen and oxygen atoms in total. The zero-order valence-electron chi connectivity index (χ0n) is 18.2. The van der Waals surface area contributed by atoms with E-state index < -0.39 is 0 Å². The highest BCUT2D eigenvalue weighted by Gasteiger charge is 2.16. The molecule has 1 aromatic carbocycles. The number of aliphatic imine (C=N–C) groups is 1. The van der Waals surface area contributed by atoms with E-state index in [1.165, 1.54) is 12.8 Å². The van der Waals surface area contributed by atoms with E-state index in [2.05, 4.69) is 50.6 Å². The predicted molar refractivity (Wildman–Crippen MR) is 135 cm³/mol. The maximum absolute atomic E-state index is 5.69. The largest absolute Gasteiger partial charge is 0.494 e. The van der Waals surface area contributed by atoms with Crippen LogP contribution < -0.4 is 20.3 Å². The molecular weight excluding hydrogens is 489 g/mol. The average molecular weight is 523 g/mol. The molecule has 1 aliphatic heterocycles. The van der Waals surface area contributed by atoms with Crippen molar-refractivity contribution in [2.45, 2.75) is 39.8 Å². The monoisotopic (exact) mass is 523 g/mol. The number of rotatable bonds is 7. The molecule has 0 unspecified atom stereocenters. The fraction of sp³-hybridized carbons (Fsp3) is 0.478. The van der Waals surface area contributed by atoms with Gasteiger partial charge in [0.1, 0.15) is 11.6 Å². The first-order valence-electron chi connectivity index (χ1n) is 10.5. The van der Waals surface area contributed by atoms with Crippen LogP contribution in [0.25, 0.3) is 0 Å². The number of para-hydroxylation sites is 1. The van der Waals surface area contributed by atoms with E-state index >= 15 is 0 Å². The van der Waals surface area contributed by atoms with Crippen molar-refractivity contribution in [1.29, 1.82) is 0 Å². The average Bonchev–Trinajstić information content (AvgIpc) is 2.76. The molecule has 7 heteroatoms. The minimum atomic E-state index is 0. The summed E-state index contributed by atoms with van der Waals surface area (Å²) in [7, 11) is 1.78. The predicted octanol–water partition coefficient (Wildman–Crippen LogP) is 4.20. The van der Waals surface area contributed by atoms with Crippen molar-refractivity contribution in [2.75, 3.05) is 31.6 Å². The summed E-state index contributed by atoms with van der Waals surface area (Å²) in [4.78, 5) is 11.4. The summed E-state index contributed by atoms with van der Waals surface area (Å²) in [6, 6.07) is 12.3. The van der Waals surface area contributed by atoms with Crippen LogP contribution in [0, 0.1) is 5.92 Å². The first-order valence-corrected chi connectivity index (χ1v) is 10.5. The van der Waals surface area contributed by atoms with Crippen molar-refractivity contribution in [1.82, 2.24) is 15.6 Å². The van der Waals surface area contributed by atoms with Gasteiger partial charge in [0, 0.05) is 45.0 Å². The van der Waals surface area contributed by atoms with Crippen LogP contribution in [0.1, 0.15) is 37.8 Å². The van der Waals surface area contributed by atoms with Gasteiger partial charge in [0.15, 0.2) is 5.96 Å². The lowest BCUT2D eigenvalue weighted by Gasteiger charge is -2.31. The smallest absolute Gasteiger partial charge is 0.191 e. The molecule has 1 fully saturated rings. The third kappa shape index (κ3) is 7.04. The Kier molecular flexibility index (Phi) is 10.2. The van der Waals surface area contributed by atoms with Gasteiger partial charge in [-0.05, 0) is 43.4 Å². The minimum Gasteiger partial charge on any atom is -0.494 e. The topological polar surface area (TPSA) is 61.8 Å². The standard InChI is InChI=1S/C23H33N5O.HI/c1-4-29-21-8-6-5-7-20(21)17-27-23(24-3)26-16-19-9-10-22(25-15-19)28-13-11-18(2)12-14-28;/h5-10,15,18H,4,11-14,16-17H2,1-3H3,(H2,24,26,27);1H.